The normalized spacial score (nSPS) is 11.0. The molecule has 0 bridgehead atoms. The summed E-state index contributed by atoms with van der Waals surface area (Å²) in [6, 6.07) is 91.7. The van der Waals surface area contributed by atoms with Gasteiger partial charge in [0.2, 0.25) is 0 Å². The molecule has 0 heterocycles. The van der Waals surface area contributed by atoms with E-state index in [9.17, 15) is 17.3 Å². The molecule has 0 atom stereocenters. The van der Waals surface area contributed by atoms with Crippen molar-refractivity contribution in [3.05, 3.63) is 255 Å². The van der Waals surface area contributed by atoms with Crippen LogP contribution in [0.4, 0.5) is 68.4 Å². The third-order valence-corrected chi connectivity index (χ3v) is 16.4. The zero-order valence-electron chi connectivity index (χ0n) is 34.1. The van der Waals surface area contributed by atoms with E-state index in [4.69, 9.17) is 0 Å². The van der Waals surface area contributed by atoms with Gasteiger partial charge in [-0.05, 0) is 0 Å². The van der Waals surface area contributed by atoms with Crippen molar-refractivity contribution >= 4 is 88.8 Å². The Kier molecular flexibility index (Phi) is 13.7. The van der Waals surface area contributed by atoms with Gasteiger partial charge in [-0.3, -0.25) is 0 Å². The summed E-state index contributed by atoms with van der Waals surface area (Å²) in [7, 11) is -6.00. The van der Waals surface area contributed by atoms with Crippen LogP contribution in [-0.2, 0) is 0 Å². The summed E-state index contributed by atoms with van der Waals surface area (Å²) in [6.07, 6.45) is 0. The second-order valence-electron chi connectivity index (χ2n) is 14.3. The first-order valence-electron chi connectivity index (χ1n) is 20.4. The Morgan fingerprint density at radius 1 is 0.222 bits per heavy atom. The molecule has 0 spiro atoms. The van der Waals surface area contributed by atoms with Crippen molar-refractivity contribution in [2.24, 2.45) is 0 Å². The van der Waals surface area contributed by atoms with Crippen molar-refractivity contribution in [3.63, 3.8) is 0 Å². The van der Waals surface area contributed by atoms with Crippen LogP contribution in [0, 0.1) is 0 Å². The van der Waals surface area contributed by atoms with Gasteiger partial charge in [0.15, 0.2) is 0 Å². The van der Waals surface area contributed by atoms with E-state index in [0.717, 1.165) is 51.2 Å². The summed E-state index contributed by atoms with van der Waals surface area (Å²) in [5.41, 5.74) is 10.2. The number of benzene rings is 9. The van der Waals surface area contributed by atoms with E-state index < -0.39 is 26.8 Å². The quantitative estimate of drug-likeness (QED) is 0.0893. The minimum absolute atomic E-state index is 1.13. The van der Waals surface area contributed by atoms with E-state index in [1.165, 1.54) is 10.8 Å². The number of anilines is 9. The van der Waals surface area contributed by atoms with Crippen molar-refractivity contribution in [2.45, 2.75) is 0 Å². The summed E-state index contributed by atoms with van der Waals surface area (Å²) in [5.74, 6) is 0. The van der Waals surface area contributed by atoms with Crippen LogP contribution in [0.25, 0.3) is 0 Å². The van der Waals surface area contributed by atoms with Crippen LogP contribution in [0.5, 0.6) is 0 Å². The molecule has 0 fully saturated rings. The average molecular weight is 947 g/mol. The van der Waals surface area contributed by atoms with Gasteiger partial charge >= 0.3 is 358 Å². The van der Waals surface area contributed by atoms with E-state index >= 15 is 0 Å². The Hall–Kier alpha value is -7.05. The molecule has 0 N–H and O–H groups in total. The fourth-order valence-electron chi connectivity index (χ4n) is 7.41. The molecule has 0 saturated heterocycles. The predicted octanol–water partition coefficient (Wildman–Crippen LogP) is 13.9. The zero-order chi connectivity index (χ0) is 43.4. The Morgan fingerprint density at radius 3 is 0.524 bits per heavy atom. The van der Waals surface area contributed by atoms with Crippen LogP contribution in [0.2, 0.25) is 0 Å². The molecule has 0 saturated carbocycles. The van der Waals surface area contributed by atoms with Crippen LogP contribution in [0.15, 0.2) is 255 Å². The Balaban J connectivity index is 0.00000103. The first-order valence-corrected chi connectivity index (χ1v) is 23.9. The number of para-hydroxylation sites is 6. The molecule has 0 aliphatic heterocycles. The number of nitrogens with zero attached hydrogens (tertiary/aromatic N) is 3. The summed E-state index contributed by atoms with van der Waals surface area (Å²) < 4.78 is 43.2. The average Bonchev–Trinajstić information content (AvgIpc) is 3.32. The monoisotopic (exact) mass is 949 g/mol. The van der Waals surface area contributed by atoms with Gasteiger partial charge in [0.1, 0.15) is 0 Å². The molecule has 0 radical (unpaired) electrons. The van der Waals surface area contributed by atoms with Gasteiger partial charge in [0.25, 0.3) is 0 Å². The first kappa shape index (κ1) is 42.6. The molecule has 0 amide bonds. The molecule has 0 unspecified atom stereocenters. The molecular formula is C54H42BF4N3Te. The molecule has 3 nitrogen and oxygen atoms in total. The molecule has 9 aromatic rings. The zero-order valence-corrected chi connectivity index (χ0v) is 36.4. The Bertz CT molecular complexity index is 2330. The second-order valence-corrected chi connectivity index (χ2v) is 20.1. The molecular weight excluding hydrogens is 905 g/mol. The number of rotatable bonds is 12. The van der Waals surface area contributed by atoms with Crippen molar-refractivity contribution in [3.8, 4) is 0 Å². The van der Waals surface area contributed by atoms with E-state index in [1.54, 1.807) is 0 Å². The Morgan fingerprint density at radius 2 is 0.365 bits per heavy atom. The molecule has 0 aromatic heterocycles. The maximum atomic E-state index is 9.75. The SMILES string of the molecule is F[B-](F)(F)F.c1ccc(N(c2ccccc2)c2ccc([Te+](c3ccc(N(c4ccccc4)c4ccccc4)cc3)c3ccc(N(c4ccccc4)c4ccccc4)cc3)cc2)cc1. The van der Waals surface area contributed by atoms with E-state index in [-0.39, 0.29) is 0 Å². The van der Waals surface area contributed by atoms with Gasteiger partial charge in [-0.1, -0.05) is 0 Å². The summed E-state index contributed by atoms with van der Waals surface area (Å²) in [4.78, 5) is 6.99. The standard InChI is InChI=1S/C54H42N3Te.BF4/c1-7-19-43(20-8-1)55(44-21-9-2-10-22-44)49-31-37-52(38-32-49)58(53-39-33-50(34-40-53)56(45-23-11-3-12-24-45)46-25-13-4-14-26-46)54-41-35-51(36-42-54)57(47-27-15-5-16-28-47)48-29-17-6-18-30-48;2-1(3,4)5/h1-42H;/q+1;-1. The molecule has 9 aromatic carbocycles. The third-order valence-electron chi connectivity index (χ3n) is 10.1. The van der Waals surface area contributed by atoms with Gasteiger partial charge in [-0.15, -0.1) is 0 Å². The fraction of sp³-hybridized carbons (Fsp3) is 0. The van der Waals surface area contributed by atoms with Crippen molar-refractivity contribution in [1.29, 1.82) is 0 Å². The molecule has 0 aliphatic rings. The molecule has 63 heavy (non-hydrogen) atoms. The van der Waals surface area contributed by atoms with Crippen LogP contribution in [-0.4, -0.2) is 26.8 Å². The topological polar surface area (TPSA) is 9.72 Å². The van der Waals surface area contributed by atoms with Crippen LogP contribution < -0.4 is 25.5 Å². The van der Waals surface area contributed by atoms with Crippen LogP contribution in [0.1, 0.15) is 0 Å². The van der Waals surface area contributed by atoms with E-state index in [1.807, 2.05) is 0 Å². The predicted molar refractivity (Wildman–Crippen MR) is 258 cm³/mol. The molecule has 310 valence electrons. The van der Waals surface area contributed by atoms with Gasteiger partial charge < -0.3 is 17.3 Å². The molecule has 9 rings (SSSR count). The van der Waals surface area contributed by atoms with Gasteiger partial charge in [0.05, 0.1) is 0 Å². The van der Waals surface area contributed by atoms with Crippen molar-refractivity contribution < 1.29 is 17.3 Å². The van der Waals surface area contributed by atoms with E-state index in [2.05, 4.69) is 269 Å². The number of halogens is 4. The van der Waals surface area contributed by atoms with Crippen molar-refractivity contribution in [2.75, 3.05) is 14.7 Å². The fourth-order valence-corrected chi connectivity index (χ4v) is 13.2. The second kappa shape index (κ2) is 20.2. The van der Waals surface area contributed by atoms with Gasteiger partial charge in [0, 0.05) is 0 Å². The molecule has 0 aliphatic carbocycles. The molecule has 9 heteroatoms. The summed E-state index contributed by atoms with van der Waals surface area (Å²) in [5, 5.41) is 0. The van der Waals surface area contributed by atoms with Gasteiger partial charge in [-0.2, -0.15) is 0 Å². The van der Waals surface area contributed by atoms with E-state index in [0.29, 0.717) is 0 Å². The Labute approximate surface area is 373 Å². The van der Waals surface area contributed by atoms with Crippen LogP contribution >= 0.6 is 0 Å². The van der Waals surface area contributed by atoms with Gasteiger partial charge in [-0.25, -0.2) is 0 Å². The first-order chi connectivity index (χ1) is 30.8. The summed E-state index contributed by atoms with van der Waals surface area (Å²) in [6.45, 7) is 0. The maximum absolute atomic E-state index is 9.75. The third kappa shape index (κ3) is 10.9. The van der Waals surface area contributed by atoms with Crippen molar-refractivity contribution in [1.82, 2.24) is 0 Å². The minimum atomic E-state index is -6.00. The van der Waals surface area contributed by atoms with Crippen LogP contribution in [0.3, 0.4) is 0 Å². The summed E-state index contributed by atoms with van der Waals surface area (Å²) >= 11 is -2.40. The number of hydrogen-bond donors (Lipinski definition) is 0. The number of hydrogen-bond acceptors (Lipinski definition) is 3.